The van der Waals surface area contributed by atoms with Gasteiger partial charge in [-0.15, -0.1) is 0 Å². The highest BCUT2D eigenvalue weighted by molar-refractivity contribution is 5.73. The largest absolute Gasteiger partial charge is 0.480 e. The molecular formula is C8H18N2O3. The number of carbonyl (C=O) groups is 1. The van der Waals surface area contributed by atoms with Crippen molar-refractivity contribution in [1.82, 2.24) is 5.32 Å². The second-order valence-corrected chi connectivity index (χ2v) is 3.24. The molecule has 0 aromatic rings. The van der Waals surface area contributed by atoms with E-state index in [1.54, 1.807) is 0 Å². The summed E-state index contributed by atoms with van der Waals surface area (Å²) in [5.74, 6) is -0.937. The first kappa shape index (κ1) is 12.3. The Bertz CT molecular complexity index is 163. The van der Waals surface area contributed by atoms with Gasteiger partial charge in [0.2, 0.25) is 0 Å². The van der Waals surface area contributed by atoms with Crippen LogP contribution in [0, 0.1) is 5.92 Å². The van der Waals surface area contributed by atoms with Gasteiger partial charge in [0.1, 0.15) is 6.04 Å². The van der Waals surface area contributed by atoms with Crippen LogP contribution in [0.5, 0.6) is 0 Å². The van der Waals surface area contributed by atoms with Gasteiger partial charge in [0, 0.05) is 19.2 Å². The Morgan fingerprint density at radius 2 is 2.08 bits per heavy atom. The normalized spacial score (nSPS) is 17.8. The summed E-state index contributed by atoms with van der Waals surface area (Å²) in [5.41, 5.74) is 5.26. The molecule has 0 aliphatic carbocycles. The minimum absolute atomic E-state index is 0.0217. The van der Waals surface area contributed by atoms with Gasteiger partial charge in [0.25, 0.3) is 0 Å². The monoisotopic (exact) mass is 190 g/mol. The second-order valence-electron chi connectivity index (χ2n) is 3.24. The number of aliphatic carboxylic acids is 1. The molecule has 0 aromatic heterocycles. The SMILES string of the molecule is CC(CO)C(C)NC(CN)C(=O)O. The summed E-state index contributed by atoms with van der Waals surface area (Å²) in [7, 11) is 0. The molecule has 13 heavy (non-hydrogen) atoms. The standard InChI is InChI=1S/C8H18N2O3/c1-5(4-11)6(2)10-7(3-9)8(12)13/h5-7,10-11H,3-4,9H2,1-2H3,(H,12,13). The van der Waals surface area contributed by atoms with Crippen LogP contribution in [0.1, 0.15) is 13.8 Å². The predicted molar refractivity (Wildman–Crippen MR) is 49.3 cm³/mol. The molecular weight excluding hydrogens is 172 g/mol. The van der Waals surface area contributed by atoms with Gasteiger partial charge in [-0.1, -0.05) is 6.92 Å². The third-order valence-corrected chi connectivity index (χ3v) is 2.14. The summed E-state index contributed by atoms with van der Waals surface area (Å²) >= 11 is 0. The molecule has 0 radical (unpaired) electrons. The van der Waals surface area contributed by atoms with Crippen molar-refractivity contribution in [1.29, 1.82) is 0 Å². The highest BCUT2D eigenvalue weighted by Gasteiger charge is 2.20. The molecule has 5 nitrogen and oxygen atoms in total. The summed E-state index contributed by atoms with van der Waals surface area (Å²) in [5, 5.41) is 20.3. The molecule has 0 aromatic carbocycles. The van der Waals surface area contributed by atoms with Crippen molar-refractivity contribution < 1.29 is 15.0 Å². The van der Waals surface area contributed by atoms with E-state index in [9.17, 15) is 4.79 Å². The zero-order chi connectivity index (χ0) is 10.4. The molecule has 0 fully saturated rings. The smallest absolute Gasteiger partial charge is 0.322 e. The van der Waals surface area contributed by atoms with Crippen LogP contribution in [-0.4, -0.2) is 41.4 Å². The predicted octanol–water partition coefficient (Wildman–Crippen LogP) is -0.995. The molecule has 0 saturated carbocycles. The van der Waals surface area contributed by atoms with E-state index in [-0.39, 0.29) is 25.1 Å². The van der Waals surface area contributed by atoms with Crippen LogP contribution in [-0.2, 0) is 4.79 Å². The average Bonchev–Trinajstić information content (AvgIpc) is 2.11. The molecule has 5 heteroatoms. The molecule has 0 heterocycles. The molecule has 3 atom stereocenters. The van der Waals surface area contributed by atoms with Gasteiger partial charge in [-0.25, -0.2) is 0 Å². The molecule has 5 N–H and O–H groups in total. The average molecular weight is 190 g/mol. The fraction of sp³-hybridized carbons (Fsp3) is 0.875. The molecule has 0 bridgehead atoms. The van der Waals surface area contributed by atoms with Crippen LogP contribution in [0.25, 0.3) is 0 Å². The van der Waals surface area contributed by atoms with Crippen LogP contribution in [0.3, 0.4) is 0 Å². The lowest BCUT2D eigenvalue weighted by atomic mass is 10.0. The maximum Gasteiger partial charge on any atom is 0.322 e. The molecule has 0 amide bonds. The quantitative estimate of drug-likeness (QED) is 0.431. The van der Waals surface area contributed by atoms with Crippen molar-refractivity contribution in [2.75, 3.05) is 13.2 Å². The fourth-order valence-corrected chi connectivity index (χ4v) is 0.880. The van der Waals surface area contributed by atoms with Crippen molar-refractivity contribution >= 4 is 5.97 Å². The minimum Gasteiger partial charge on any atom is -0.480 e. The summed E-state index contributed by atoms with van der Waals surface area (Å²) in [6.45, 7) is 3.75. The Morgan fingerprint density at radius 1 is 1.54 bits per heavy atom. The first-order chi connectivity index (χ1) is 6.02. The van der Waals surface area contributed by atoms with E-state index in [1.807, 2.05) is 13.8 Å². The van der Waals surface area contributed by atoms with Gasteiger partial charge in [-0.05, 0) is 12.8 Å². The minimum atomic E-state index is -0.959. The molecule has 0 aliphatic heterocycles. The zero-order valence-corrected chi connectivity index (χ0v) is 8.03. The number of aliphatic hydroxyl groups excluding tert-OH is 1. The van der Waals surface area contributed by atoms with Crippen LogP contribution < -0.4 is 11.1 Å². The Kier molecular flexibility index (Phi) is 5.61. The van der Waals surface area contributed by atoms with Gasteiger partial charge >= 0.3 is 5.97 Å². The Labute approximate surface area is 77.9 Å². The first-order valence-corrected chi connectivity index (χ1v) is 4.32. The van der Waals surface area contributed by atoms with E-state index in [4.69, 9.17) is 15.9 Å². The number of hydrogen-bond acceptors (Lipinski definition) is 4. The molecule has 78 valence electrons. The van der Waals surface area contributed by atoms with Crippen LogP contribution in [0.2, 0.25) is 0 Å². The summed E-state index contributed by atoms with van der Waals surface area (Å²) in [6.07, 6.45) is 0. The van der Waals surface area contributed by atoms with Crippen molar-refractivity contribution in [2.45, 2.75) is 25.9 Å². The number of carboxylic acids is 1. The van der Waals surface area contributed by atoms with Crippen LogP contribution in [0.4, 0.5) is 0 Å². The third kappa shape index (κ3) is 4.21. The van der Waals surface area contributed by atoms with Gasteiger partial charge in [-0.3, -0.25) is 4.79 Å². The van der Waals surface area contributed by atoms with Crippen molar-refractivity contribution in [3.63, 3.8) is 0 Å². The number of hydrogen-bond donors (Lipinski definition) is 4. The Balaban J connectivity index is 4.00. The molecule has 0 spiro atoms. The number of aliphatic hydroxyl groups is 1. The van der Waals surface area contributed by atoms with Gasteiger partial charge in [0.05, 0.1) is 0 Å². The lowest BCUT2D eigenvalue weighted by Crippen LogP contribution is -2.49. The van der Waals surface area contributed by atoms with Crippen LogP contribution >= 0.6 is 0 Å². The van der Waals surface area contributed by atoms with E-state index in [1.165, 1.54) is 0 Å². The Morgan fingerprint density at radius 3 is 2.38 bits per heavy atom. The number of carboxylic acid groups (broad SMARTS) is 1. The molecule has 3 unspecified atom stereocenters. The summed E-state index contributed by atoms with van der Waals surface area (Å²) < 4.78 is 0. The topological polar surface area (TPSA) is 95.6 Å². The highest BCUT2D eigenvalue weighted by atomic mass is 16.4. The van der Waals surface area contributed by atoms with Gasteiger partial charge in [-0.2, -0.15) is 0 Å². The lowest BCUT2D eigenvalue weighted by molar-refractivity contribution is -0.139. The first-order valence-electron chi connectivity index (χ1n) is 4.32. The summed E-state index contributed by atoms with van der Waals surface area (Å²) in [6, 6.07) is -0.793. The van der Waals surface area contributed by atoms with Crippen molar-refractivity contribution in [2.24, 2.45) is 11.7 Å². The molecule has 0 aliphatic rings. The van der Waals surface area contributed by atoms with E-state index in [0.717, 1.165) is 0 Å². The lowest BCUT2D eigenvalue weighted by Gasteiger charge is -2.22. The number of rotatable bonds is 6. The summed E-state index contributed by atoms with van der Waals surface area (Å²) in [4.78, 5) is 10.6. The molecule has 0 saturated heterocycles. The van der Waals surface area contributed by atoms with Gasteiger partial charge in [0.15, 0.2) is 0 Å². The van der Waals surface area contributed by atoms with E-state index >= 15 is 0 Å². The van der Waals surface area contributed by atoms with E-state index < -0.39 is 12.0 Å². The van der Waals surface area contributed by atoms with Crippen molar-refractivity contribution in [3.8, 4) is 0 Å². The van der Waals surface area contributed by atoms with E-state index in [0.29, 0.717) is 0 Å². The van der Waals surface area contributed by atoms with Gasteiger partial charge < -0.3 is 21.3 Å². The second kappa shape index (κ2) is 5.90. The zero-order valence-electron chi connectivity index (χ0n) is 8.03. The maximum atomic E-state index is 10.6. The number of nitrogens with two attached hydrogens (primary N) is 1. The maximum absolute atomic E-state index is 10.6. The van der Waals surface area contributed by atoms with E-state index in [2.05, 4.69) is 5.32 Å². The van der Waals surface area contributed by atoms with Crippen LogP contribution in [0.15, 0.2) is 0 Å². The third-order valence-electron chi connectivity index (χ3n) is 2.14. The number of nitrogens with one attached hydrogen (secondary N) is 1. The fourth-order valence-electron chi connectivity index (χ4n) is 0.880. The van der Waals surface area contributed by atoms with Crippen molar-refractivity contribution in [3.05, 3.63) is 0 Å². The highest BCUT2D eigenvalue weighted by Crippen LogP contribution is 2.01. The Hall–Kier alpha value is -0.650. The molecule has 0 rings (SSSR count).